The summed E-state index contributed by atoms with van der Waals surface area (Å²) < 4.78 is 1.29. The van der Waals surface area contributed by atoms with Gasteiger partial charge in [0, 0.05) is 22.3 Å². The summed E-state index contributed by atoms with van der Waals surface area (Å²) in [5.41, 5.74) is 0.236. The van der Waals surface area contributed by atoms with E-state index in [0.717, 1.165) is 5.82 Å². The molecule has 2 heterocycles. The van der Waals surface area contributed by atoms with Gasteiger partial charge in [-0.1, -0.05) is 20.8 Å². The summed E-state index contributed by atoms with van der Waals surface area (Å²) in [6, 6.07) is 4.59. The van der Waals surface area contributed by atoms with Crippen LogP contribution in [0.2, 0.25) is 0 Å². The second-order valence-corrected chi connectivity index (χ2v) is 6.17. The molecule has 1 N–H and O–H groups in total. The van der Waals surface area contributed by atoms with Gasteiger partial charge in [-0.2, -0.15) is 0 Å². The van der Waals surface area contributed by atoms with Gasteiger partial charge in [-0.3, -0.25) is 0 Å². The van der Waals surface area contributed by atoms with E-state index in [2.05, 4.69) is 55.5 Å². The Labute approximate surface area is 101 Å². The molecule has 2 rings (SSSR count). The van der Waals surface area contributed by atoms with Crippen LogP contribution in [0.4, 0.5) is 5.82 Å². The fourth-order valence-electron chi connectivity index (χ4n) is 1.43. The van der Waals surface area contributed by atoms with Crippen molar-refractivity contribution < 1.29 is 0 Å². The highest BCUT2D eigenvalue weighted by atomic mass is 32.1. The first-order valence-corrected chi connectivity index (χ1v) is 6.45. The molecule has 0 aromatic carbocycles. The lowest BCUT2D eigenvalue weighted by Gasteiger charge is -2.28. The van der Waals surface area contributed by atoms with Crippen molar-refractivity contribution in [3.8, 4) is 0 Å². The largest absolute Gasteiger partial charge is 0.367 e. The number of fused-ring (bicyclic) bond motifs is 1. The summed E-state index contributed by atoms with van der Waals surface area (Å²) >= 11 is 1.76. The van der Waals surface area contributed by atoms with Gasteiger partial charge in [0.2, 0.25) is 0 Å². The molecular weight excluding hydrogens is 216 g/mol. The van der Waals surface area contributed by atoms with Crippen LogP contribution in [0, 0.1) is 5.41 Å². The molecule has 0 aliphatic rings. The number of thiophene rings is 1. The van der Waals surface area contributed by atoms with Gasteiger partial charge in [-0.25, -0.2) is 4.98 Å². The van der Waals surface area contributed by atoms with Crippen LogP contribution in [0.3, 0.4) is 0 Å². The average Bonchev–Trinajstić information content (AvgIpc) is 2.65. The first-order chi connectivity index (χ1) is 7.48. The summed E-state index contributed by atoms with van der Waals surface area (Å²) in [4.78, 5) is 4.43. The molecule has 0 spiro atoms. The van der Waals surface area contributed by atoms with E-state index in [1.165, 1.54) is 10.1 Å². The first kappa shape index (κ1) is 11.4. The number of hydrogen-bond acceptors (Lipinski definition) is 3. The van der Waals surface area contributed by atoms with Gasteiger partial charge in [-0.05, 0) is 29.9 Å². The summed E-state index contributed by atoms with van der Waals surface area (Å²) in [5, 5.41) is 6.84. The van der Waals surface area contributed by atoms with Gasteiger partial charge in [0.05, 0.1) is 0 Å². The maximum Gasteiger partial charge on any atom is 0.134 e. The Balaban J connectivity index is 2.31. The van der Waals surface area contributed by atoms with Crippen LogP contribution in [0.1, 0.15) is 27.7 Å². The Bertz CT molecular complexity index is 482. The third-order valence-corrected chi connectivity index (χ3v) is 3.91. The third kappa shape index (κ3) is 2.19. The number of anilines is 1. The molecule has 0 amide bonds. The van der Waals surface area contributed by atoms with Gasteiger partial charge in [0.1, 0.15) is 5.82 Å². The van der Waals surface area contributed by atoms with E-state index in [9.17, 15) is 0 Å². The fraction of sp³-hybridized carbons (Fsp3) is 0.462. The molecule has 0 bridgehead atoms. The first-order valence-electron chi connectivity index (χ1n) is 5.57. The molecule has 1 atom stereocenters. The monoisotopic (exact) mass is 234 g/mol. The van der Waals surface area contributed by atoms with Crippen molar-refractivity contribution in [1.82, 2.24) is 4.98 Å². The van der Waals surface area contributed by atoms with Gasteiger partial charge >= 0.3 is 0 Å². The molecule has 2 aromatic rings. The number of nitrogens with zero attached hydrogens (tertiary/aromatic N) is 1. The van der Waals surface area contributed by atoms with Crippen LogP contribution < -0.4 is 5.32 Å². The molecule has 2 aromatic heterocycles. The van der Waals surface area contributed by atoms with E-state index in [0.29, 0.717) is 6.04 Å². The Kier molecular flexibility index (Phi) is 2.89. The van der Waals surface area contributed by atoms with Crippen LogP contribution in [0.5, 0.6) is 0 Å². The summed E-state index contributed by atoms with van der Waals surface area (Å²) in [6.07, 6.45) is 1.87. The van der Waals surface area contributed by atoms with Crippen molar-refractivity contribution in [3.05, 3.63) is 23.7 Å². The molecule has 0 radical (unpaired) electrons. The predicted molar refractivity (Wildman–Crippen MR) is 72.2 cm³/mol. The van der Waals surface area contributed by atoms with E-state index < -0.39 is 0 Å². The standard InChI is InChI=1S/C13H18N2S/c1-9(13(2,3)4)15-12-10-6-8-16-11(10)5-7-14-12/h5-9H,1-4H3,(H,14,15). The highest BCUT2D eigenvalue weighted by Gasteiger charge is 2.20. The van der Waals surface area contributed by atoms with E-state index >= 15 is 0 Å². The zero-order valence-corrected chi connectivity index (χ0v) is 11.1. The van der Waals surface area contributed by atoms with Crippen molar-refractivity contribution in [1.29, 1.82) is 0 Å². The van der Waals surface area contributed by atoms with Crippen LogP contribution >= 0.6 is 11.3 Å². The molecule has 0 fully saturated rings. The van der Waals surface area contributed by atoms with Gasteiger partial charge in [-0.15, -0.1) is 11.3 Å². The van der Waals surface area contributed by atoms with Gasteiger partial charge in [0.25, 0.3) is 0 Å². The van der Waals surface area contributed by atoms with E-state index in [1.807, 2.05) is 6.20 Å². The van der Waals surface area contributed by atoms with E-state index in [1.54, 1.807) is 11.3 Å². The number of aromatic nitrogens is 1. The zero-order valence-electron chi connectivity index (χ0n) is 10.2. The maximum atomic E-state index is 4.43. The Morgan fingerprint density at radius 2 is 2.06 bits per heavy atom. The second kappa shape index (κ2) is 4.06. The number of pyridine rings is 1. The number of rotatable bonds is 2. The number of nitrogens with one attached hydrogen (secondary N) is 1. The van der Waals surface area contributed by atoms with Gasteiger partial charge < -0.3 is 5.32 Å². The van der Waals surface area contributed by atoms with E-state index in [-0.39, 0.29) is 5.41 Å². The minimum absolute atomic E-state index is 0.236. The maximum absolute atomic E-state index is 4.43. The highest BCUT2D eigenvalue weighted by molar-refractivity contribution is 7.17. The normalized spacial score (nSPS) is 14.0. The minimum atomic E-state index is 0.236. The summed E-state index contributed by atoms with van der Waals surface area (Å²) in [7, 11) is 0. The van der Waals surface area contributed by atoms with Crippen LogP contribution in [0.15, 0.2) is 23.7 Å². The van der Waals surface area contributed by atoms with Crippen molar-refractivity contribution in [2.24, 2.45) is 5.41 Å². The lowest BCUT2D eigenvalue weighted by molar-refractivity contribution is 0.359. The van der Waals surface area contributed by atoms with Crippen LogP contribution in [-0.2, 0) is 0 Å². The molecule has 2 nitrogen and oxygen atoms in total. The van der Waals surface area contributed by atoms with Crippen molar-refractivity contribution >= 4 is 27.2 Å². The highest BCUT2D eigenvalue weighted by Crippen LogP contribution is 2.28. The summed E-state index contributed by atoms with van der Waals surface area (Å²) in [5.74, 6) is 1.00. The molecular formula is C13H18N2S. The third-order valence-electron chi connectivity index (χ3n) is 3.03. The Hall–Kier alpha value is -1.09. The van der Waals surface area contributed by atoms with Crippen molar-refractivity contribution in [2.75, 3.05) is 5.32 Å². The van der Waals surface area contributed by atoms with Crippen molar-refractivity contribution in [3.63, 3.8) is 0 Å². The summed E-state index contributed by atoms with van der Waals surface area (Å²) in [6.45, 7) is 8.90. The van der Waals surface area contributed by atoms with Crippen molar-refractivity contribution in [2.45, 2.75) is 33.7 Å². The lowest BCUT2D eigenvalue weighted by Crippen LogP contribution is -2.31. The fourth-order valence-corrected chi connectivity index (χ4v) is 2.21. The molecule has 1 unspecified atom stereocenters. The predicted octanol–water partition coefficient (Wildman–Crippen LogP) is 4.14. The van der Waals surface area contributed by atoms with Gasteiger partial charge in [0.15, 0.2) is 0 Å². The number of hydrogen-bond donors (Lipinski definition) is 1. The Morgan fingerprint density at radius 1 is 1.31 bits per heavy atom. The van der Waals surface area contributed by atoms with Crippen LogP contribution in [-0.4, -0.2) is 11.0 Å². The molecule has 0 saturated heterocycles. The van der Waals surface area contributed by atoms with E-state index in [4.69, 9.17) is 0 Å². The quantitative estimate of drug-likeness (QED) is 0.844. The zero-order chi connectivity index (χ0) is 11.8. The lowest BCUT2D eigenvalue weighted by atomic mass is 9.88. The molecule has 0 saturated carbocycles. The minimum Gasteiger partial charge on any atom is -0.367 e. The topological polar surface area (TPSA) is 24.9 Å². The SMILES string of the molecule is CC(Nc1nccc2sccc12)C(C)(C)C. The molecule has 3 heteroatoms. The molecule has 16 heavy (non-hydrogen) atoms. The average molecular weight is 234 g/mol. The smallest absolute Gasteiger partial charge is 0.134 e. The Morgan fingerprint density at radius 3 is 2.75 bits per heavy atom. The molecule has 86 valence electrons. The molecule has 0 aliphatic carbocycles. The van der Waals surface area contributed by atoms with Crippen LogP contribution in [0.25, 0.3) is 10.1 Å². The second-order valence-electron chi connectivity index (χ2n) is 5.22. The molecule has 0 aliphatic heterocycles.